The van der Waals surface area contributed by atoms with Crippen molar-refractivity contribution in [3.05, 3.63) is 46.1 Å². The summed E-state index contributed by atoms with van der Waals surface area (Å²) < 4.78 is 4.90. The summed E-state index contributed by atoms with van der Waals surface area (Å²) in [6.07, 6.45) is 1.49. The first-order chi connectivity index (χ1) is 9.02. The van der Waals surface area contributed by atoms with E-state index in [1.165, 1.54) is 19.4 Å². The lowest BCUT2D eigenvalue weighted by Crippen LogP contribution is -2.02. The Kier molecular flexibility index (Phi) is 3.93. The first kappa shape index (κ1) is 13.6. The number of pyridine rings is 1. The molecule has 0 aliphatic heterocycles. The third-order valence-electron chi connectivity index (χ3n) is 2.51. The maximum Gasteiger partial charge on any atom is 0.341 e. The van der Waals surface area contributed by atoms with Gasteiger partial charge in [0.1, 0.15) is 5.56 Å². The van der Waals surface area contributed by atoms with E-state index >= 15 is 0 Å². The van der Waals surface area contributed by atoms with E-state index in [1.807, 2.05) is 0 Å². The highest BCUT2D eigenvalue weighted by molar-refractivity contribution is 6.35. The van der Waals surface area contributed by atoms with Crippen molar-refractivity contribution in [2.75, 3.05) is 7.11 Å². The number of carbonyl (C=O) groups is 1. The fourth-order valence-corrected chi connectivity index (χ4v) is 2.03. The van der Waals surface area contributed by atoms with Gasteiger partial charge in [0.05, 0.1) is 7.11 Å². The molecule has 2 aromatic rings. The highest BCUT2D eigenvalue weighted by Crippen LogP contribution is 2.32. The number of hydrogen-bond donors (Lipinski definition) is 1. The molecule has 98 valence electrons. The lowest BCUT2D eigenvalue weighted by molar-refractivity contribution is 0.0692. The Morgan fingerprint density at radius 1 is 1.32 bits per heavy atom. The average Bonchev–Trinajstić information content (AvgIpc) is 2.40. The highest BCUT2D eigenvalue weighted by Gasteiger charge is 2.15. The van der Waals surface area contributed by atoms with Crippen molar-refractivity contribution in [1.82, 2.24) is 4.98 Å². The van der Waals surface area contributed by atoms with E-state index in [1.54, 1.807) is 18.2 Å². The van der Waals surface area contributed by atoms with Gasteiger partial charge in [0, 0.05) is 27.4 Å². The van der Waals surface area contributed by atoms with Gasteiger partial charge < -0.3 is 9.84 Å². The molecule has 0 radical (unpaired) electrons. The van der Waals surface area contributed by atoms with E-state index in [4.69, 9.17) is 33.0 Å². The number of aromatic nitrogens is 1. The maximum atomic E-state index is 11.1. The fourth-order valence-electron chi connectivity index (χ4n) is 1.63. The first-order valence-electron chi connectivity index (χ1n) is 5.25. The summed E-state index contributed by atoms with van der Waals surface area (Å²) in [5.74, 6) is -1.07. The number of nitrogens with zero attached hydrogens (tertiary/aromatic N) is 1. The zero-order valence-electron chi connectivity index (χ0n) is 9.85. The van der Waals surface area contributed by atoms with Crippen LogP contribution in [0.5, 0.6) is 5.88 Å². The Balaban J connectivity index is 2.60. The third kappa shape index (κ3) is 2.80. The van der Waals surface area contributed by atoms with Crippen LogP contribution in [0.1, 0.15) is 10.4 Å². The number of halogens is 2. The topological polar surface area (TPSA) is 59.4 Å². The van der Waals surface area contributed by atoms with Crippen LogP contribution in [-0.2, 0) is 0 Å². The second-order valence-electron chi connectivity index (χ2n) is 3.71. The molecule has 1 heterocycles. The fraction of sp³-hybridized carbons (Fsp3) is 0.0769. The molecule has 1 aromatic carbocycles. The van der Waals surface area contributed by atoms with Crippen molar-refractivity contribution in [2.24, 2.45) is 0 Å². The van der Waals surface area contributed by atoms with Crippen LogP contribution in [0.15, 0.2) is 30.5 Å². The number of ether oxygens (including phenoxy) is 1. The molecule has 0 bridgehead atoms. The van der Waals surface area contributed by atoms with Gasteiger partial charge in [-0.05, 0) is 24.3 Å². The molecule has 1 N–H and O–H groups in total. The Hall–Kier alpha value is -1.78. The summed E-state index contributed by atoms with van der Waals surface area (Å²) >= 11 is 12.0. The largest absolute Gasteiger partial charge is 0.480 e. The number of methoxy groups -OCH3 is 1. The van der Waals surface area contributed by atoms with E-state index in [0.717, 1.165) is 0 Å². The van der Waals surface area contributed by atoms with Crippen molar-refractivity contribution >= 4 is 29.2 Å². The van der Waals surface area contributed by atoms with Crippen molar-refractivity contribution in [3.63, 3.8) is 0 Å². The van der Waals surface area contributed by atoms with Crippen LogP contribution in [0.4, 0.5) is 0 Å². The molecule has 0 fully saturated rings. The van der Waals surface area contributed by atoms with E-state index < -0.39 is 5.97 Å². The van der Waals surface area contributed by atoms with Gasteiger partial charge in [-0.2, -0.15) is 0 Å². The molecule has 19 heavy (non-hydrogen) atoms. The van der Waals surface area contributed by atoms with Crippen LogP contribution in [0.3, 0.4) is 0 Å². The molecule has 0 amide bonds. The van der Waals surface area contributed by atoms with Gasteiger partial charge >= 0.3 is 5.97 Å². The molecule has 0 saturated carbocycles. The normalized spacial score (nSPS) is 10.3. The Labute approximate surface area is 119 Å². The quantitative estimate of drug-likeness (QED) is 0.937. The molecule has 0 atom stereocenters. The number of hydrogen-bond acceptors (Lipinski definition) is 3. The summed E-state index contributed by atoms with van der Waals surface area (Å²) in [4.78, 5) is 15.1. The molecule has 0 spiro atoms. The van der Waals surface area contributed by atoms with Crippen molar-refractivity contribution < 1.29 is 14.6 Å². The minimum absolute atomic E-state index is 0.0314. The van der Waals surface area contributed by atoms with Crippen LogP contribution < -0.4 is 4.74 Å². The van der Waals surface area contributed by atoms with Crippen molar-refractivity contribution in [3.8, 4) is 17.0 Å². The lowest BCUT2D eigenvalue weighted by Gasteiger charge is -2.08. The minimum atomic E-state index is -1.12. The van der Waals surface area contributed by atoms with Crippen LogP contribution in [0, 0.1) is 0 Å². The van der Waals surface area contributed by atoms with Gasteiger partial charge in [0.15, 0.2) is 0 Å². The Morgan fingerprint density at radius 3 is 2.68 bits per heavy atom. The SMILES string of the molecule is COc1ncc(-c2cc(Cl)ccc2Cl)cc1C(=O)O. The number of rotatable bonds is 3. The number of carboxylic acids is 1. The van der Waals surface area contributed by atoms with Crippen LogP contribution >= 0.6 is 23.2 Å². The molecule has 0 saturated heterocycles. The average molecular weight is 298 g/mol. The van der Waals surface area contributed by atoms with Gasteiger partial charge in [-0.1, -0.05) is 23.2 Å². The van der Waals surface area contributed by atoms with Crippen molar-refractivity contribution in [1.29, 1.82) is 0 Å². The molecule has 1 aromatic heterocycles. The van der Waals surface area contributed by atoms with Gasteiger partial charge in [-0.3, -0.25) is 0 Å². The molecule has 4 nitrogen and oxygen atoms in total. The molecule has 0 aliphatic rings. The molecule has 2 rings (SSSR count). The summed E-state index contributed by atoms with van der Waals surface area (Å²) in [6, 6.07) is 6.40. The predicted molar refractivity (Wildman–Crippen MR) is 73.2 cm³/mol. The van der Waals surface area contributed by atoms with Crippen LogP contribution in [0.2, 0.25) is 10.0 Å². The summed E-state index contributed by atoms with van der Waals surface area (Å²) in [5.41, 5.74) is 1.15. The number of benzene rings is 1. The van der Waals surface area contributed by atoms with E-state index in [9.17, 15) is 4.79 Å². The predicted octanol–water partition coefficient (Wildman–Crippen LogP) is 3.76. The Morgan fingerprint density at radius 2 is 2.05 bits per heavy atom. The standard InChI is InChI=1S/C13H9Cl2NO3/c1-19-12-10(13(17)18)4-7(6-16-12)9-5-8(14)2-3-11(9)15/h2-6H,1H3,(H,17,18). The summed E-state index contributed by atoms with van der Waals surface area (Å²) in [7, 11) is 1.36. The second-order valence-corrected chi connectivity index (χ2v) is 4.55. The molecule has 0 aliphatic carbocycles. The van der Waals surface area contributed by atoms with Crippen molar-refractivity contribution in [2.45, 2.75) is 0 Å². The summed E-state index contributed by atoms with van der Waals surface area (Å²) in [6.45, 7) is 0. The highest BCUT2D eigenvalue weighted by atomic mass is 35.5. The van der Waals surface area contributed by atoms with Gasteiger partial charge in [-0.15, -0.1) is 0 Å². The summed E-state index contributed by atoms with van der Waals surface area (Å²) in [5, 5.41) is 10.1. The van der Waals surface area contributed by atoms with Gasteiger partial charge in [0.25, 0.3) is 0 Å². The van der Waals surface area contributed by atoms with E-state index in [2.05, 4.69) is 4.98 Å². The van der Waals surface area contributed by atoms with Crippen LogP contribution in [0.25, 0.3) is 11.1 Å². The zero-order valence-corrected chi connectivity index (χ0v) is 11.4. The number of aromatic carboxylic acids is 1. The maximum absolute atomic E-state index is 11.1. The molecular formula is C13H9Cl2NO3. The van der Waals surface area contributed by atoms with Gasteiger partial charge in [0.2, 0.25) is 5.88 Å². The second kappa shape index (κ2) is 5.47. The smallest absolute Gasteiger partial charge is 0.341 e. The van der Waals surface area contributed by atoms with Crippen LogP contribution in [-0.4, -0.2) is 23.2 Å². The third-order valence-corrected chi connectivity index (χ3v) is 3.08. The zero-order chi connectivity index (χ0) is 14.0. The van der Waals surface area contributed by atoms with E-state index in [0.29, 0.717) is 21.2 Å². The monoisotopic (exact) mass is 297 g/mol. The van der Waals surface area contributed by atoms with Gasteiger partial charge in [-0.25, -0.2) is 9.78 Å². The molecule has 0 unspecified atom stereocenters. The van der Waals surface area contributed by atoms with E-state index in [-0.39, 0.29) is 11.4 Å². The minimum Gasteiger partial charge on any atom is -0.480 e. The molecule has 6 heteroatoms. The number of carboxylic acid groups (broad SMARTS) is 1. The molecular weight excluding hydrogens is 289 g/mol. The first-order valence-corrected chi connectivity index (χ1v) is 6.01. The lowest BCUT2D eigenvalue weighted by atomic mass is 10.1. The Bertz CT molecular complexity index is 644.